The van der Waals surface area contributed by atoms with Crippen LogP contribution in [0.2, 0.25) is 0 Å². The second-order valence-corrected chi connectivity index (χ2v) is 6.28. The molecular weight excluding hydrogens is 312 g/mol. The number of unbranched alkanes of at least 4 members (excludes halogenated alkanes) is 6. The molecule has 25 heavy (non-hydrogen) atoms. The van der Waals surface area contributed by atoms with E-state index in [2.05, 4.69) is 31.2 Å². The van der Waals surface area contributed by atoms with Crippen molar-refractivity contribution in [3.63, 3.8) is 0 Å². The Morgan fingerprint density at radius 3 is 2.36 bits per heavy atom. The summed E-state index contributed by atoms with van der Waals surface area (Å²) in [6, 6.07) is 0. The highest BCUT2D eigenvalue weighted by molar-refractivity contribution is 5.66. The van der Waals surface area contributed by atoms with Crippen molar-refractivity contribution < 1.29 is 15.0 Å². The molecule has 0 rings (SSSR count). The van der Waals surface area contributed by atoms with E-state index in [4.69, 9.17) is 5.11 Å². The summed E-state index contributed by atoms with van der Waals surface area (Å²) in [6.45, 7) is 2.20. The standard InChI is InChI=1S/C22H36O3/c1-2-3-4-5-9-12-15-18-21(23)19-16-13-10-7-6-8-11-14-17-20-22(24)25/h6-7,9,12-13,15-16,18,21,23H,2-5,8,10-11,14,17,19-20H2,1H3,(H,24,25). The van der Waals surface area contributed by atoms with Gasteiger partial charge in [0.1, 0.15) is 0 Å². The molecule has 0 aromatic carbocycles. The van der Waals surface area contributed by atoms with E-state index in [-0.39, 0.29) is 6.42 Å². The molecule has 3 heteroatoms. The molecule has 0 saturated heterocycles. The Kier molecular flexibility index (Phi) is 17.5. The van der Waals surface area contributed by atoms with Gasteiger partial charge in [-0.25, -0.2) is 0 Å². The first-order valence-corrected chi connectivity index (χ1v) is 9.70. The van der Waals surface area contributed by atoms with Crippen LogP contribution in [0, 0.1) is 0 Å². The van der Waals surface area contributed by atoms with Crippen molar-refractivity contribution in [3.8, 4) is 0 Å². The SMILES string of the molecule is CCCCCC=CC=CC(O)CC=CCC=CCCCCCC(=O)O. The molecule has 3 nitrogen and oxygen atoms in total. The summed E-state index contributed by atoms with van der Waals surface area (Å²) in [5.74, 6) is -0.708. The molecule has 0 aliphatic heterocycles. The van der Waals surface area contributed by atoms with Crippen LogP contribution in [0.5, 0.6) is 0 Å². The lowest BCUT2D eigenvalue weighted by atomic mass is 10.1. The molecule has 0 heterocycles. The average molecular weight is 349 g/mol. The van der Waals surface area contributed by atoms with E-state index in [0.717, 1.165) is 38.5 Å². The number of hydrogen-bond acceptors (Lipinski definition) is 2. The molecule has 2 N–H and O–H groups in total. The molecule has 1 unspecified atom stereocenters. The molecule has 0 radical (unpaired) electrons. The highest BCUT2D eigenvalue weighted by atomic mass is 16.4. The van der Waals surface area contributed by atoms with Crippen molar-refractivity contribution in [1.29, 1.82) is 0 Å². The maximum Gasteiger partial charge on any atom is 0.303 e. The number of hydrogen-bond donors (Lipinski definition) is 2. The van der Waals surface area contributed by atoms with Gasteiger partial charge in [-0.15, -0.1) is 0 Å². The van der Waals surface area contributed by atoms with Gasteiger partial charge in [-0.05, 0) is 44.9 Å². The molecule has 0 aromatic rings. The van der Waals surface area contributed by atoms with Crippen LogP contribution < -0.4 is 0 Å². The van der Waals surface area contributed by atoms with Crippen LogP contribution >= 0.6 is 0 Å². The summed E-state index contributed by atoms with van der Waals surface area (Å²) in [6.07, 6.45) is 26.3. The average Bonchev–Trinajstić information content (AvgIpc) is 2.58. The Morgan fingerprint density at radius 1 is 0.880 bits per heavy atom. The third-order valence-electron chi connectivity index (χ3n) is 3.80. The van der Waals surface area contributed by atoms with Gasteiger partial charge >= 0.3 is 5.97 Å². The molecule has 0 aliphatic rings. The van der Waals surface area contributed by atoms with Gasteiger partial charge in [0, 0.05) is 6.42 Å². The Balaban J connectivity index is 3.56. The molecule has 0 aromatic heterocycles. The van der Waals surface area contributed by atoms with E-state index in [1.807, 2.05) is 24.3 Å². The minimum absolute atomic E-state index is 0.276. The van der Waals surface area contributed by atoms with E-state index in [1.165, 1.54) is 19.3 Å². The van der Waals surface area contributed by atoms with Crippen LogP contribution in [-0.2, 0) is 4.79 Å². The predicted octanol–water partition coefficient (Wildman–Crippen LogP) is 5.97. The van der Waals surface area contributed by atoms with Gasteiger partial charge in [-0.3, -0.25) is 4.79 Å². The minimum atomic E-state index is -0.708. The number of aliphatic hydroxyl groups excluding tert-OH is 1. The third kappa shape index (κ3) is 20.3. The number of allylic oxidation sites excluding steroid dienone is 6. The number of carbonyl (C=O) groups is 1. The molecule has 0 bridgehead atoms. The van der Waals surface area contributed by atoms with Crippen molar-refractivity contribution in [2.24, 2.45) is 0 Å². The minimum Gasteiger partial charge on any atom is -0.481 e. The molecule has 0 fully saturated rings. The van der Waals surface area contributed by atoms with E-state index in [9.17, 15) is 9.90 Å². The summed E-state index contributed by atoms with van der Waals surface area (Å²) < 4.78 is 0. The molecule has 1 atom stereocenters. The summed E-state index contributed by atoms with van der Waals surface area (Å²) in [5.41, 5.74) is 0. The van der Waals surface area contributed by atoms with Gasteiger partial charge in [-0.2, -0.15) is 0 Å². The fourth-order valence-electron chi connectivity index (χ4n) is 2.30. The molecule has 0 aliphatic carbocycles. The maximum absolute atomic E-state index is 10.4. The zero-order chi connectivity index (χ0) is 18.6. The highest BCUT2D eigenvalue weighted by Crippen LogP contribution is 2.04. The fraction of sp³-hybridized carbons (Fsp3) is 0.591. The zero-order valence-electron chi connectivity index (χ0n) is 15.8. The lowest BCUT2D eigenvalue weighted by molar-refractivity contribution is -0.137. The lowest BCUT2D eigenvalue weighted by Gasteiger charge is -1.99. The predicted molar refractivity (Wildman–Crippen MR) is 107 cm³/mol. The summed E-state index contributed by atoms with van der Waals surface area (Å²) in [5, 5.41) is 18.3. The topological polar surface area (TPSA) is 57.5 Å². The van der Waals surface area contributed by atoms with Gasteiger partial charge in [0.05, 0.1) is 6.10 Å². The molecule has 0 saturated carbocycles. The monoisotopic (exact) mass is 348 g/mol. The molecule has 0 amide bonds. The smallest absolute Gasteiger partial charge is 0.303 e. The first kappa shape index (κ1) is 23.4. The number of carboxylic acids is 1. The van der Waals surface area contributed by atoms with E-state index in [0.29, 0.717) is 6.42 Å². The van der Waals surface area contributed by atoms with Crippen molar-refractivity contribution in [2.45, 2.75) is 83.7 Å². The second-order valence-electron chi connectivity index (χ2n) is 6.28. The number of carboxylic acid groups (broad SMARTS) is 1. The van der Waals surface area contributed by atoms with Crippen molar-refractivity contribution >= 4 is 5.97 Å². The quantitative estimate of drug-likeness (QED) is 0.205. The van der Waals surface area contributed by atoms with Gasteiger partial charge in [0.2, 0.25) is 0 Å². The van der Waals surface area contributed by atoms with Crippen LogP contribution in [0.3, 0.4) is 0 Å². The summed E-state index contributed by atoms with van der Waals surface area (Å²) in [4.78, 5) is 10.4. The Hall–Kier alpha value is -1.61. The van der Waals surface area contributed by atoms with Crippen LogP contribution in [0.25, 0.3) is 0 Å². The summed E-state index contributed by atoms with van der Waals surface area (Å²) >= 11 is 0. The Bertz CT molecular complexity index is 419. The number of aliphatic carboxylic acids is 1. The van der Waals surface area contributed by atoms with Crippen LogP contribution in [-0.4, -0.2) is 22.3 Å². The fourth-order valence-corrected chi connectivity index (χ4v) is 2.30. The number of rotatable bonds is 16. The van der Waals surface area contributed by atoms with Gasteiger partial charge in [0.25, 0.3) is 0 Å². The summed E-state index contributed by atoms with van der Waals surface area (Å²) in [7, 11) is 0. The van der Waals surface area contributed by atoms with E-state index in [1.54, 1.807) is 0 Å². The molecule has 0 spiro atoms. The lowest BCUT2D eigenvalue weighted by Crippen LogP contribution is -1.98. The number of aliphatic hydroxyl groups is 1. The third-order valence-corrected chi connectivity index (χ3v) is 3.80. The van der Waals surface area contributed by atoms with E-state index >= 15 is 0 Å². The maximum atomic E-state index is 10.4. The van der Waals surface area contributed by atoms with Gasteiger partial charge < -0.3 is 10.2 Å². The van der Waals surface area contributed by atoms with Crippen molar-refractivity contribution in [2.75, 3.05) is 0 Å². The van der Waals surface area contributed by atoms with Gasteiger partial charge in [-0.1, -0.05) is 74.8 Å². The first-order chi connectivity index (χ1) is 12.2. The van der Waals surface area contributed by atoms with E-state index < -0.39 is 12.1 Å². The van der Waals surface area contributed by atoms with Crippen molar-refractivity contribution in [1.82, 2.24) is 0 Å². The normalized spacial score (nSPS) is 13.7. The highest BCUT2D eigenvalue weighted by Gasteiger charge is 1.95. The van der Waals surface area contributed by atoms with Crippen LogP contribution in [0.15, 0.2) is 48.6 Å². The van der Waals surface area contributed by atoms with Gasteiger partial charge in [0.15, 0.2) is 0 Å². The second kappa shape index (κ2) is 18.7. The Morgan fingerprint density at radius 2 is 1.60 bits per heavy atom. The molecule has 142 valence electrons. The Labute approximate surface area is 153 Å². The zero-order valence-corrected chi connectivity index (χ0v) is 15.8. The van der Waals surface area contributed by atoms with Crippen molar-refractivity contribution in [3.05, 3.63) is 48.6 Å². The first-order valence-electron chi connectivity index (χ1n) is 9.70. The van der Waals surface area contributed by atoms with Crippen LogP contribution in [0.1, 0.15) is 77.6 Å². The molecular formula is C22H36O3. The van der Waals surface area contributed by atoms with Crippen LogP contribution in [0.4, 0.5) is 0 Å². The largest absolute Gasteiger partial charge is 0.481 e.